The second kappa shape index (κ2) is 5.70. The number of hydrogen-bond acceptors (Lipinski definition) is 1. The lowest BCUT2D eigenvalue weighted by Gasteiger charge is -2.14. The van der Waals surface area contributed by atoms with Crippen LogP contribution in [0.2, 0.25) is 0 Å². The predicted octanol–water partition coefficient (Wildman–Crippen LogP) is 3.62. The molecule has 1 amide bonds. The summed E-state index contributed by atoms with van der Waals surface area (Å²) in [7, 11) is 3.55. The minimum Gasteiger partial charge on any atom is -0.345 e. The molecular weight excluding hydrogens is 234 g/mol. The molecule has 0 saturated carbocycles. The molecule has 0 aliphatic rings. The second-order valence-corrected chi connectivity index (χ2v) is 4.80. The van der Waals surface area contributed by atoms with Gasteiger partial charge in [0.1, 0.15) is 0 Å². The van der Waals surface area contributed by atoms with Crippen molar-refractivity contribution in [3.63, 3.8) is 0 Å². The molecule has 98 valence electrons. The number of aryl methyl sites for hydroxylation is 1. The minimum atomic E-state index is 0.0372. The van der Waals surface area contributed by atoms with Gasteiger partial charge in [-0.1, -0.05) is 49.4 Å². The highest BCUT2D eigenvalue weighted by atomic mass is 16.2. The first-order valence-corrected chi connectivity index (χ1v) is 6.53. The number of benzene rings is 2. The smallest absolute Gasteiger partial charge is 0.253 e. The molecule has 2 aromatic carbocycles. The number of nitrogens with zero attached hydrogens (tertiary/aromatic N) is 1. The van der Waals surface area contributed by atoms with Gasteiger partial charge in [0.25, 0.3) is 5.91 Å². The Kier molecular flexibility index (Phi) is 4.00. The van der Waals surface area contributed by atoms with Crippen molar-refractivity contribution in [2.75, 3.05) is 14.1 Å². The average Bonchev–Trinajstić information content (AvgIpc) is 2.46. The first-order valence-electron chi connectivity index (χ1n) is 6.53. The van der Waals surface area contributed by atoms with Crippen molar-refractivity contribution in [3.05, 3.63) is 59.7 Å². The Labute approximate surface area is 114 Å². The van der Waals surface area contributed by atoms with E-state index in [1.165, 1.54) is 5.56 Å². The van der Waals surface area contributed by atoms with Crippen LogP contribution in [0.15, 0.2) is 48.5 Å². The van der Waals surface area contributed by atoms with Crippen molar-refractivity contribution in [1.82, 2.24) is 4.90 Å². The number of hydrogen-bond donors (Lipinski definition) is 0. The zero-order valence-corrected chi connectivity index (χ0v) is 11.7. The lowest BCUT2D eigenvalue weighted by atomic mass is 9.97. The van der Waals surface area contributed by atoms with Gasteiger partial charge >= 0.3 is 0 Å². The molecule has 0 radical (unpaired) electrons. The third-order valence-corrected chi connectivity index (χ3v) is 3.24. The largest absolute Gasteiger partial charge is 0.345 e. The molecule has 0 heterocycles. The number of carbonyl (C=O) groups excluding carboxylic acids is 1. The van der Waals surface area contributed by atoms with Gasteiger partial charge in [0.15, 0.2) is 0 Å². The molecule has 2 heteroatoms. The predicted molar refractivity (Wildman–Crippen MR) is 79.3 cm³/mol. The Morgan fingerprint density at radius 3 is 2.21 bits per heavy atom. The lowest BCUT2D eigenvalue weighted by Crippen LogP contribution is -2.22. The molecule has 0 N–H and O–H groups in total. The van der Waals surface area contributed by atoms with Crippen LogP contribution < -0.4 is 0 Å². The van der Waals surface area contributed by atoms with Crippen LogP contribution >= 0.6 is 0 Å². The highest BCUT2D eigenvalue weighted by molar-refractivity contribution is 6.00. The number of rotatable bonds is 3. The van der Waals surface area contributed by atoms with E-state index in [0.29, 0.717) is 0 Å². The number of amides is 1. The van der Waals surface area contributed by atoms with E-state index in [1.54, 1.807) is 19.0 Å². The molecule has 19 heavy (non-hydrogen) atoms. The second-order valence-electron chi connectivity index (χ2n) is 4.80. The van der Waals surface area contributed by atoms with E-state index in [-0.39, 0.29) is 5.91 Å². The van der Waals surface area contributed by atoms with E-state index in [9.17, 15) is 4.79 Å². The first kappa shape index (κ1) is 13.3. The van der Waals surface area contributed by atoms with E-state index < -0.39 is 0 Å². The monoisotopic (exact) mass is 253 g/mol. The van der Waals surface area contributed by atoms with Crippen LogP contribution in [0.5, 0.6) is 0 Å². The molecule has 0 aliphatic heterocycles. The summed E-state index contributed by atoms with van der Waals surface area (Å²) in [6.45, 7) is 2.14. The van der Waals surface area contributed by atoms with Gasteiger partial charge in [-0.05, 0) is 29.2 Å². The Morgan fingerprint density at radius 2 is 1.63 bits per heavy atom. The van der Waals surface area contributed by atoms with E-state index in [2.05, 4.69) is 31.2 Å². The van der Waals surface area contributed by atoms with Crippen LogP contribution in [0, 0.1) is 0 Å². The summed E-state index contributed by atoms with van der Waals surface area (Å²) in [6.07, 6.45) is 1.03. The van der Waals surface area contributed by atoms with Gasteiger partial charge in [0, 0.05) is 19.7 Å². The maximum Gasteiger partial charge on any atom is 0.253 e. The summed E-state index contributed by atoms with van der Waals surface area (Å²) in [5.41, 5.74) is 4.13. The molecule has 0 bridgehead atoms. The van der Waals surface area contributed by atoms with Gasteiger partial charge in [0.2, 0.25) is 0 Å². The van der Waals surface area contributed by atoms with Gasteiger partial charge in [-0.3, -0.25) is 4.79 Å². The average molecular weight is 253 g/mol. The van der Waals surface area contributed by atoms with Crippen molar-refractivity contribution in [1.29, 1.82) is 0 Å². The van der Waals surface area contributed by atoms with E-state index >= 15 is 0 Å². The zero-order valence-electron chi connectivity index (χ0n) is 11.7. The van der Waals surface area contributed by atoms with Crippen molar-refractivity contribution in [2.24, 2.45) is 0 Å². The Hall–Kier alpha value is -2.09. The Balaban J connectivity index is 2.46. The lowest BCUT2D eigenvalue weighted by molar-refractivity contribution is 0.0828. The summed E-state index contributed by atoms with van der Waals surface area (Å²) in [4.78, 5) is 13.8. The topological polar surface area (TPSA) is 20.3 Å². The standard InChI is InChI=1S/C17H19NO/c1-4-13-9-11-14(12-10-13)15-7-5-6-8-16(15)17(19)18(2)3/h5-12H,4H2,1-3H3. The highest BCUT2D eigenvalue weighted by Gasteiger charge is 2.13. The van der Waals surface area contributed by atoms with Gasteiger partial charge in [-0.2, -0.15) is 0 Å². The molecule has 0 atom stereocenters. The molecule has 0 unspecified atom stereocenters. The third kappa shape index (κ3) is 2.84. The maximum absolute atomic E-state index is 12.2. The SMILES string of the molecule is CCc1ccc(-c2ccccc2C(=O)N(C)C)cc1. The summed E-state index contributed by atoms with van der Waals surface area (Å²) < 4.78 is 0. The first-order chi connectivity index (χ1) is 9.13. The molecule has 0 saturated heterocycles. The fourth-order valence-corrected chi connectivity index (χ4v) is 2.08. The van der Waals surface area contributed by atoms with Crippen LogP contribution in [0.25, 0.3) is 11.1 Å². The molecule has 2 rings (SSSR count). The normalized spacial score (nSPS) is 10.3. The fraction of sp³-hybridized carbons (Fsp3) is 0.235. The van der Waals surface area contributed by atoms with Crippen LogP contribution in [0.3, 0.4) is 0 Å². The van der Waals surface area contributed by atoms with Crippen molar-refractivity contribution in [3.8, 4) is 11.1 Å². The molecular formula is C17H19NO. The molecule has 0 aliphatic carbocycles. The van der Waals surface area contributed by atoms with Crippen molar-refractivity contribution in [2.45, 2.75) is 13.3 Å². The molecule has 0 aromatic heterocycles. The van der Waals surface area contributed by atoms with Crippen LogP contribution in [0.4, 0.5) is 0 Å². The summed E-state index contributed by atoms with van der Waals surface area (Å²) in [5, 5.41) is 0. The van der Waals surface area contributed by atoms with Gasteiger partial charge < -0.3 is 4.90 Å². The van der Waals surface area contributed by atoms with E-state index in [0.717, 1.165) is 23.1 Å². The zero-order chi connectivity index (χ0) is 13.8. The highest BCUT2D eigenvalue weighted by Crippen LogP contribution is 2.24. The Bertz CT molecular complexity index is 570. The van der Waals surface area contributed by atoms with Crippen LogP contribution in [-0.4, -0.2) is 24.9 Å². The minimum absolute atomic E-state index is 0.0372. The van der Waals surface area contributed by atoms with E-state index in [1.807, 2.05) is 24.3 Å². The molecule has 0 fully saturated rings. The summed E-state index contributed by atoms with van der Waals surface area (Å²) in [5.74, 6) is 0.0372. The summed E-state index contributed by atoms with van der Waals surface area (Å²) in [6, 6.07) is 16.2. The maximum atomic E-state index is 12.2. The molecule has 0 spiro atoms. The van der Waals surface area contributed by atoms with Crippen LogP contribution in [-0.2, 0) is 6.42 Å². The molecule has 2 aromatic rings. The van der Waals surface area contributed by atoms with Gasteiger partial charge in [-0.25, -0.2) is 0 Å². The quantitative estimate of drug-likeness (QED) is 0.818. The Morgan fingerprint density at radius 1 is 1.00 bits per heavy atom. The third-order valence-electron chi connectivity index (χ3n) is 3.24. The number of carbonyl (C=O) groups is 1. The summed E-state index contributed by atoms with van der Waals surface area (Å²) >= 11 is 0. The molecule has 2 nitrogen and oxygen atoms in total. The van der Waals surface area contributed by atoms with Gasteiger partial charge in [-0.15, -0.1) is 0 Å². The fourth-order valence-electron chi connectivity index (χ4n) is 2.08. The van der Waals surface area contributed by atoms with Crippen molar-refractivity contribution >= 4 is 5.91 Å². The van der Waals surface area contributed by atoms with Gasteiger partial charge in [0.05, 0.1) is 0 Å². The van der Waals surface area contributed by atoms with Crippen LogP contribution in [0.1, 0.15) is 22.8 Å². The van der Waals surface area contributed by atoms with Crippen molar-refractivity contribution < 1.29 is 4.79 Å². The van der Waals surface area contributed by atoms with E-state index in [4.69, 9.17) is 0 Å².